The summed E-state index contributed by atoms with van der Waals surface area (Å²) in [5, 5.41) is 10.0. The van der Waals surface area contributed by atoms with Gasteiger partial charge in [0.1, 0.15) is 0 Å². The fraction of sp³-hybridized carbons (Fsp3) is 0.480. The molecular weight excluding hydrogens is 399 g/mol. The molecule has 2 aromatic rings. The Morgan fingerprint density at radius 3 is 2.77 bits per heavy atom. The molecule has 6 heteroatoms. The third-order valence-corrected chi connectivity index (χ3v) is 6.85. The Hall–Kier alpha value is -1.92. The number of pyridine rings is 1. The number of rotatable bonds is 10. The lowest BCUT2D eigenvalue weighted by atomic mass is 9.73. The molecule has 2 heterocycles. The van der Waals surface area contributed by atoms with Crippen LogP contribution in [0, 0.1) is 0 Å². The van der Waals surface area contributed by atoms with E-state index in [0.29, 0.717) is 5.92 Å². The lowest BCUT2D eigenvalue weighted by Gasteiger charge is -2.16. The third-order valence-electron chi connectivity index (χ3n) is 5.85. The van der Waals surface area contributed by atoms with Crippen LogP contribution in [-0.2, 0) is 0 Å². The number of nitrogens with zero attached hydrogens (tertiary/aromatic N) is 4. The van der Waals surface area contributed by atoms with Gasteiger partial charge in [0.05, 0.1) is 10.8 Å². The number of aromatic nitrogens is 1. The molecule has 0 saturated carbocycles. The minimum Gasteiger partial charge on any atom is -0.303 e. The van der Waals surface area contributed by atoms with E-state index in [1.54, 1.807) is 6.20 Å². The number of benzene rings is 1. The summed E-state index contributed by atoms with van der Waals surface area (Å²) in [5.74, 6) is 1.79. The Balaban J connectivity index is 1.40. The number of likely N-dealkylation sites (tertiary alicyclic amines) is 1. The van der Waals surface area contributed by atoms with Crippen molar-refractivity contribution in [3.63, 3.8) is 0 Å². The average Bonchev–Trinajstić information content (AvgIpc) is 3.29. The Bertz CT molecular complexity index is 852. The second kappa shape index (κ2) is 12.8. The van der Waals surface area contributed by atoms with Crippen molar-refractivity contribution in [2.75, 3.05) is 25.4 Å². The molecule has 0 radical (unpaired) electrons. The van der Waals surface area contributed by atoms with Crippen LogP contribution in [0.3, 0.4) is 0 Å². The molecule has 0 bridgehead atoms. The van der Waals surface area contributed by atoms with E-state index in [1.165, 1.54) is 43.5 Å². The summed E-state index contributed by atoms with van der Waals surface area (Å²) in [6.45, 7) is 10.0. The second-order valence-corrected chi connectivity index (χ2v) is 9.53. The van der Waals surface area contributed by atoms with Gasteiger partial charge in [-0.05, 0) is 56.8 Å². The first-order valence-electron chi connectivity index (χ1n) is 11.6. The fourth-order valence-corrected chi connectivity index (χ4v) is 4.69. The molecule has 31 heavy (non-hydrogen) atoms. The van der Waals surface area contributed by atoms with E-state index in [1.807, 2.05) is 24.0 Å². The van der Waals surface area contributed by atoms with Crippen molar-refractivity contribution >= 4 is 35.3 Å². The first-order chi connectivity index (χ1) is 15.2. The summed E-state index contributed by atoms with van der Waals surface area (Å²) in [7, 11) is 1.12. The van der Waals surface area contributed by atoms with E-state index in [2.05, 4.69) is 71.1 Å². The van der Waals surface area contributed by atoms with Crippen LogP contribution >= 0.6 is 11.8 Å². The lowest BCUT2D eigenvalue weighted by Crippen LogP contribution is -2.22. The predicted octanol–water partition coefficient (Wildman–Crippen LogP) is 4.73. The predicted molar refractivity (Wildman–Crippen MR) is 139 cm³/mol. The van der Waals surface area contributed by atoms with Crippen LogP contribution in [0.5, 0.6) is 0 Å². The molecule has 1 saturated heterocycles. The van der Waals surface area contributed by atoms with E-state index >= 15 is 0 Å². The average molecular weight is 434 g/mol. The molecule has 0 spiro atoms. The summed E-state index contributed by atoms with van der Waals surface area (Å²) in [6.07, 6.45) is 8.10. The van der Waals surface area contributed by atoms with Crippen molar-refractivity contribution in [1.29, 1.82) is 0 Å². The first kappa shape index (κ1) is 23.7. The largest absolute Gasteiger partial charge is 0.303 e. The van der Waals surface area contributed by atoms with E-state index < -0.39 is 0 Å². The second-order valence-electron chi connectivity index (χ2n) is 8.24. The smallest absolute Gasteiger partial charge is 0.154 e. The van der Waals surface area contributed by atoms with Crippen molar-refractivity contribution in [3.8, 4) is 0 Å². The van der Waals surface area contributed by atoms with Crippen molar-refractivity contribution in [1.82, 2.24) is 9.88 Å². The summed E-state index contributed by atoms with van der Waals surface area (Å²) in [5.41, 5.74) is 5.02. The van der Waals surface area contributed by atoms with Crippen LogP contribution < -0.4 is 5.46 Å². The lowest BCUT2D eigenvalue weighted by molar-refractivity contribution is 0.336. The van der Waals surface area contributed by atoms with Crippen LogP contribution in [0.4, 0.5) is 0 Å². The molecule has 164 valence electrons. The monoisotopic (exact) mass is 434 g/mol. The van der Waals surface area contributed by atoms with Crippen LogP contribution in [0.1, 0.15) is 56.6 Å². The molecule has 1 fully saturated rings. The van der Waals surface area contributed by atoms with Gasteiger partial charge in [-0.1, -0.05) is 56.0 Å². The van der Waals surface area contributed by atoms with E-state index in [4.69, 9.17) is 0 Å². The number of thioether (sulfide) groups is 1. The zero-order valence-corrected chi connectivity index (χ0v) is 20.1. The normalized spacial score (nSPS) is 17.8. The molecule has 1 aliphatic heterocycles. The molecule has 1 atom stereocenters. The highest BCUT2D eigenvalue weighted by Gasteiger charge is 2.23. The van der Waals surface area contributed by atoms with E-state index in [9.17, 15) is 0 Å². The van der Waals surface area contributed by atoms with Crippen LogP contribution in [0.15, 0.2) is 59.0 Å². The minimum atomic E-state index is 0.695. The Morgan fingerprint density at radius 2 is 2.06 bits per heavy atom. The maximum absolute atomic E-state index is 4.53. The molecule has 1 aromatic heterocycles. The highest BCUT2D eigenvalue weighted by atomic mass is 32.2. The molecule has 1 aliphatic rings. The summed E-state index contributed by atoms with van der Waals surface area (Å²) >= 11 is 1.82. The van der Waals surface area contributed by atoms with Gasteiger partial charge in [-0.2, -0.15) is 5.10 Å². The Labute approximate surface area is 192 Å². The molecule has 1 aromatic carbocycles. The quantitative estimate of drug-likeness (QED) is 0.179. The topological polar surface area (TPSA) is 40.9 Å². The fourth-order valence-electron chi connectivity index (χ4n) is 4.02. The van der Waals surface area contributed by atoms with Gasteiger partial charge in [0, 0.05) is 30.3 Å². The molecule has 3 rings (SSSR count). The minimum absolute atomic E-state index is 0.695. The number of hydrogen-bond acceptors (Lipinski definition) is 5. The molecule has 0 aliphatic carbocycles. The third kappa shape index (κ3) is 7.62. The van der Waals surface area contributed by atoms with Crippen molar-refractivity contribution in [2.45, 2.75) is 52.3 Å². The Kier molecular flexibility index (Phi) is 9.82. The van der Waals surface area contributed by atoms with Crippen molar-refractivity contribution in [3.05, 3.63) is 59.9 Å². The molecule has 1 unspecified atom stereocenters. The van der Waals surface area contributed by atoms with Gasteiger partial charge in [-0.15, -0.1) is 16.9 Å². The highest BCUT2D eigenvalue weighted by Crippen LogP contribution is 2.26. The summed E-state index contributed by atoms with van der Waals surface area (Å²) < 4.78 is 0. The van der Waals surface area contributed by atoms with Crippen molar-refractivity contribution < 1.29 is 0 Å². The summed E-state index contributed by atoms with van der Waals surface area (Å²) in [4.78, 5) is 6.82. The van der Waals surface area contributed by atoms with Gasteiger partial charge in [-0.25, -0.2) is 0 Å². The van der Waals surface area contributed by atoms with Gasteiger partial charge in [0.15, 0.2) is 7.28 Å². The van der Waals surface area contributed by atoms with Gasteiger partial charge in [-0.3, -0.25) is 4.98 Å². The summed E-state index contributed by atoms with van der Waals surface area (Å²) in [6, 6.07) is 13.3. The van der Waals surface area contributed by atoms with Gasteiger partial charge in [0.2, 0.25) is 0 Å². The molecule has 0 N–H and O–H groups in total. The Morgan fingerprint density at radius 1 is 1.23 bits per heavy atom. The molecular formula is C25H35BN4S. The zero-order chi connectivity index (χ0) is 21.9. The maximum Gasteiger partial charge on any atom is 0.154 e. The van der Waals surface area contributed by atoms with Crippen LogP contribution in [0.25, 0.3) is 0 Å². The van der Waals surface area contributed by atoms with Crippen molar-refractivity contribution in [2.24, 2.45) is 10.2 Å². The zero-order valence-electron chi connectivity index (χ0n) is 19.3. The first-order valence-corrected chi connectivity index (χ1v) is 12.6. The van der Waals surface area contributed by atoms with Gasteiger partial charge < -0.3 is 4.90 Å². The van der Waals surface area contributed by atoms with Gasteiger partial charge in [0.25, 0.3) is 0 Å². The standard InChI is InChI=1S/C25H35BN4S/c1-4-7-25(22-8-5-14-27-18-22)29-28-20(2)31-17-6-15-30-16-13-23(19-30)21-9-11-24(26-3)12-10-21/h5,8-12,14,18,23,26H,4,6-7,13,15-17,19H2,1-3H3/b28-20+,29-25+. The number of hydrogen-bond donors (Lipinski definition) is 0. The van der Waals surface area contributed by atoms with E-state index in [-0.39, 0.29) is 0 Å². The van der Waals surface area contributed by atoms with E-state index in [0.717, 1.165) is 42.2 Å². The molecule has 0 amide bonds. The van der Waals surface area contributed by atoms with Gasteiger partial charge >= 0.3 is 0 Å². The maximum atomic E-state index is 4.53. The molecule has 4 nitrogen and oxygen atoms in total. The van der Waals surface area contributed by atoms with Crippen LogP contribution in [0.2, 0.25) is 6.82 Å². The van der Waals surface area contributed by atoms with Crippen LogP contribution in [-0.4, -0.2) is 53.3 Å². The highest BCUT2D eigenvalue weighted by molar-refractivity contribution is 8.13. The SMILES string of the molecule is CBc1ccc(C2CCN(CCCS/C(C)=N/N=C(\CCC)c3cccnc3)C2)cc1.